The SMILES string of the molecule is CC1CCc2c(sc(NC(=O)CCCc3nc4ccccc4c(=O)[nH]3)c2C(=O)c2ccco2)C1. The Kier molecular flexibility index (Phi) is 6.15. The van der Waals surface area contributed by atoms with E-state index in [1.54, 1.807) is 30.3 Å². The first kappa shape index (κ1) is 22.3. The molecule has 1 aliphatic carbocycles. The van der Waals surface area contributed by atoms with Gasteiger partial charge in [-0.2, -0.15) is 0 Å². The summed E-state index contributed by atoms with van der Waals surface area (Å²) in [5, 5.41) is 4.13. The van der Waals surface area contributed by atoms with E-state index >= 15 is 0 Å². The van der Waals surface area contributed by atoms with E-state index in [1.807, 2.05) is 6.07 Å². The van der Waals surface area contributed by atoms with Gasteiger partial charge in [-0.25, -0.2) is 4.98 Å². The van der Waals surface area contributed by atoms with Crippen LogP contribution in [0.5, 0.6) is 0 Å². The highest BCUT2D eigenvalue weighted by Crippen LogP contribution is 2.40. The molecule has 0 radical (unpaired) electrons. The zero-order valence-corrected chi connectivity index (χ0v) is 19.7. The molecule has 0 spiro atoms. The summed E-state index contributed by atoms with van der Waals surface area (Å²) in [6.45, 7) is 2.21. The summed E-state index contributed by atoms with van der Waals surface area (Å²) < 4.78 is 5.35. The largest absolute Gasteiger partial charge is 0.461 e. The lowest BCUT2D eigenvalue weighted by molar-refractivity contribution is -0.116. The molecule has 0 aliphatic heterocycles. The van der Waals surface area contributed by atoms with E-state index in [1.165, 1.54) is 22.5 Å². The Morgan fingerprint density at radius 3 is 2.91 bits per heavy atom. The Morgan fingerprint density at radius 1 is 1.24 bits per heavy atom. The van der Waals surface area contributed by atoms with Gasteiger partial charge in [0.2, 0.25) is 11.7 Å². The predicted octanol–water partition coefficient (Wildman–Crippen LogP) is 4.89. The molecule has 5 rings (SSSR count). The van der Waals surface area contributed by atoms with Gasteiger partial charge in [-0.1, -0.05) is 19.1 Å². The maximum Gasteiger partial charge on any atom is 0.258 e. The summed E-state index contributed by atoms with van der Waals surface area (Å²) in [6, 6.07) is 10.5. The molecule has 2 N–H and O–H groups in total. The number of anilines is 1. The molecule has 0 bridgehead atoms. The van der Waals surface area contributed by atoms with Gasteiger partial charge in [0.1, 0.15) is 10.8 Å². The van der Waals surface area contributed by atoms with Crippen molar-refractivity contribution in [1.29, 1.82) is 0 Å². The number of furan rings is 1. The lowest BCUT2D eigenvalue weighted by Crippen LogP contribution is -2.16. The zero-order chi connectivity index (χ0) is 23.7. The summed E-state index contributed by atoms with van der Waals surface area (Å²) in [6.07, 6.45) is 5.50. The number of para-hydroxylation sites is 1. The number of rotatable bonds is 7. The minimum atomic E-state index is -0.190. The van der Waals surface area contributed by atoms with Gasteiger partial charge in [0.05, 0.1) is 22.7 Å². The molecule has 1 amide bonds. The van der Waals surface area contributed by atoms with Crippen LogP contribution >= 0.6 is 11.3 Å². The van der Waals surface area contributed by atoms with Crippen LogP contribution in [0.25, 0.3) is 10.9 Å². The second-order valence-electron chi connectivity index (χ2n) is 8.79. The molecule has 1 unspecified atom stereocenters. The number of aryl methyl sites for hydroxylation is 1. The molecule has 3 heterocycles. The van der Waals surface area contributed by atoms with Crippen LogP contribution in [-0.2, 0) is 24.1 Å². The lowest BCUT2D eigenvalue weighted by Gasteiger charge is -2.18. The van der Waals surface area contributed by atoms with Crippen LogP contribution in [-0.4, -0.2) is 21.7 Å². The van der Waals surface area contributed by atoms with Gasteiger partial charge in [0.25, 0.3) is 5.56 Å². The van der Waals surface area contributed by atoms with Crippen molar-refractivity contribution in [2.24, 2.45) is 5.92 Å². The Bertz CT molecular complexity index is 1420. The average Bonchev–Trinajstić information content (AvgIpc) is 3.46. The van der Waals surface area contributed by atoms with E-state index < -0.39 is 0 Å². The first-order chi connectivity index (χ1) is 16.5. The molecule has 4 aromatic rings. The van der Waals surface area contributed by atoms with E-state index in [0.29, 0.717) is 46.1 Å². The van der Waals surface area contributed by atoms with E-state index in [4.69, 9.17) is 4.42 Å². The number of ketones is 1. The van der Waals surface area contributed by atoms with Gasteiger partial charge in [-0.05, 0) is 61.4 Å². The van der Waals surface area contributed by atoms with Crippen molar-refractivity contribution >= 4 is 38.9 Å². The molecule has 1 aliphatic rings. The first-order valence-electron chi connectivity index (χ1n) is 11.5. The van der Waals surface area contributed by atoms with Gasteiger partial charge in [-0.3, -0.25) is 14.4 Å². The van der Waals surface area contributed by atoms with Crippen LogP contribution in [0.3, 0.4) is 0 Å². The van der Waals surface area contributed by atoms with Crippen LogP contribution in [0.1, 0.15) is 58.6 Å². The third-order valence-corrected chi connectivity index (χ3v) is 7.39. The smallest absolute Gasteiger partial charge is 0.258 e. The van der Waals surface area contributed by atoms with E-state index in [2.05, 4.69) is 22.2 Å². The number of benzene rings is 1. The predicted molar refractivity (Wildman–Crippen MR) is 132 cm³/mol. The van der Waals surface area contributed by atoms with Crippen molar-refractivity contribution in [3.63, 3.8) is 0 Å². The van der Waals surface area contributed by atoms with Crippen molar-refractivity contribution < 1.29 is 14.0 Å². The molecule has 1 atom stereocenters. The molecule has 0 saturated heterocycles. The van der Waals surface area contributed by atoms with Crippen molar-refractivity contribution in [2.45, 2.75) is 45.4 Å². The maximum atomic E-state index is 13.2. The molecule has 3 aromatic heterocycles. The number of carbonyl (C=O) groups excluding carboxylic acids is 2. The number of amides is 1. The summed E-state index contributed by atoms with van der Waals surface area (Å²) in [5.74, 6) is 1.04. The Hall–Kier alpha value is -3.52. The first-order valence-corrected chi connectivity index (χ1v) is 12.3. The molecule has 0 fully saturated rings. The summed E-state index contributed by atoms with van der Waals surface area (Å²) in [4.78, 5) is 46.7. The van der Waals surface area contributed by atoms with Gasteiger partial charge >= 0.3 is 0 Å². The fraction of sp³-hybridized carbons (Fsp3) is 0.308. The number of H-pyrrole nitrogens is 1. The third-order valence-electron chi connectivity index (χ3n) is 6.22. The second-order valence-corrected chi connectivity index (χ2v) is 9.90. The molecular formula is C26H25N3O4S. The number of hydrogen-bond donors (Lipinski definition) is 2. The fourth-order valence-corrected chi connectivity index (χ4v) is 5.89. The van der Waals surface area contributed by atoms with Crippen LogP contribution < -0.4 is 10.9 Å². The van der Waals surface area contributed by atoms with Gasteiger partial charge in [0, 0.05) is 17.7 Å². The molecule has 174 valence electrons. The third kappa shape index (κ3) is 4.46. The number of thiophene rings is 1. The fourth-order valence-electron chi connectivity index (χ4n) is 4.47. The second kappa shape index (κ2) is 9.38. The number of aromatic amines is 1. The summed E-state index contributed by atoms with van der Waals surface area (Å²) >= 11 is 1.50. The quantitative estimate of drug-likeness (QED) is 0.370. The summed E-state index contributed by atoms with van der Waals surface area (Å²) in [7, 11) is 0. The van der Waals surface area contributed by atoms with Crippen LogP contribution in [0.4, 0.5) is 5.00 Å². The van der Waals surface area contributed by atoms with E-state index in [9.17, 15) is 14.4 Å². The van der Waals surface area contributed by atoms with Crippen LogP contribution in [0, 0.1) is 5.92 Å². The van der Waals surface area contributed by atoms with Crippen molar-refractivity contribution in [3.8, 4) is 0 Å². The number of carbonyl (C=O) groups is 2. The number of aromatic nitrogens is 2. The molecular weight excluding hydrogens is 450 g/mol. The number of hydrogen-bond acceptors (Lipinski definition) is 6. The van der Waals surface area contributed by atoms with Gasteiger partial charge < -0.3 is 14.7 Å². The van der Waals surface area contributed by atoms with Crippen molar-refractivity contribution in [2.75, 3.05) is 5.32 Å². The van der Waals surface area contributed by atoms with Crippen molar-refractivity contribution in [3.05, 3.63) is 80.6 Å². The minimum Gasteiger partial charge on any atom is -0.461 e. The Balaban J connectivity index is 1.30. The molecule has 8 heteroatoms. The molecule has 34 heavy (non-hydrogen) atoms. The number of nitrogens with one attached hydrogen (secondary N) is 2. The molecule has 1 aromatic carbocycles. The molecule has 0 saturated carbocycles. The number of fused-ring (bicyclic) bond motifs is 2. The van der Waals surface area contributed by atoms with Gasteiger partial charge in [-0.15, -0.1) is 11.3 Å². The zero-order valence-electron chi connectivity index (χ0n) is 18.8. The van der Waals surface area contributed by atoms with Crippen molar-refractivity contribution in [1.82, 2.24) is 9.97 Å². The highest BCUT2D eigenvalue weighted by Gasteiger charge is 2.29. The number of nitrogens with zero attached hydrogens (tertiary/aromatic N) is 1. The molecule has 7 nitrogen and oxygen atoms in total. The topological polar surface area (TPSA) is 105 Å². The highest BCUT2D eigenvalue weighted by molar-refractivity contribution is 7.17. The highest BCUT2D eigenvalue weighted by atomic mass is 32.1. The Labute approximate surface area is 200 Å². The normalized spacial score (nSPS) is 15.3. The monoisotopic (exact) mass is 475 g/mol. The Morgan fingerprint density at radius 2 is 2.09 bits per heavy atom. The van der Waals surface area contributed by atoms with E-state index in [-0.39, 0.29) is 29.4 Å². The van der Waals surface area contributed by atoms with E-state index in [0.717, 1.165) is 24.8 Å². The van der Waals surface area contributed by atoms with Crippen LogP contribution in [0.2, 0.25) is 0 Å². The van der Waals surface area contributed by atoms with Gasteiger partial charge in [0.15, 0.2) is 5.76 Å². The summed E-state index contributed by atoms with van der Waals surface area (Å²) in [5.41, 5.74) is 2.07. The maximum absolute atomic E-state index is 13.2. The average molecular weight is 476 g/mol. The lowest BCUT2D eigenvalue weighted by atomic mass is 9.87. The standard InChI is InChI=1S/C26H25N3O4S/c1-15-11-12-17-20(14-15)34-26(23(17)24(31)19-8-5-13-33-19)29-22(30)10-4-9-21-27-18-7-3-2-6-16(18)25(32)28-21/h2-3,5-8,13,15H,4,9-12,14H2,1H3,(H,29,30)(H,27,28,32). The minimum absolute atomic E-state index is 0.164. The van der Waals surface area contributed by atoms with Crippen LogP contribution in [0.15, 0.2) is 51.9 Å².